The zero-order valence-corrected chi connectivity index (χ0v) is 23.5. The number of hydrogen-bond acceptors (Lipinski definition) is 5. The molecule has 0 bridgehead atoms. The van der Waals surface area contributed by atoms with Gasteiger partial charge in [0.25, 0.3) is 5.91 Å². The summed E-state index contributed by atoms with van der Waals surface area (Å²) >= 11 is 12.5. The number of rotatable bonds is 6. The summed E-state index contributed by atoms with van der Waals surface area (Å²) < 4.78 is 1.92. The first-order chi connectivity index (χ1) is 17.5. The van der Waals surface area contributed by atoms with Crippen molar-refractivity contribution in [1.82, 2.24) is 30.0 Å². The summed E-state index contributed by atoms with van der Waals surface area (Å²) in [5.74, 6) is 0.851. The van der Waals surface area contributed by atoms with Crippen LogP contribution >= 0.6 is 23.2 Å². The fraction of sp³-hybridized carbons (Fsp3) is 0.429. The number of hydrogen-bond donors (Lipinski definition) is 0. The molecule has 1 atom stereocenters. The second-order valence-corrected chi connectivity index (χ2v) is 11.8. The molecule has 0 N–H and O–H groups in total. The van der Waals surface area contributed by atoms with E-state index in [9.17, 15) is 4.79 Å². The van der Waals surface area contributed by atoms with Crippen molar-refractivity contribution in [3.05, 3.63) is 81.6 Å². The van der Waals surface area contributed by atoms with E-state index >= 15 is 0 Å². The minimum Gasteiger partial charge on any atom is -0.336 e. The Labute approximate surface area is 229 Å². The lowest BCUT2D eigenvalue weighted by atomic mass is 9.85. The highest BCUT2D eigenvalue weighted by Crippen LogP contribution is 2.36. The lowest BCUT2D eigenvalue weighted by Gasteiger charge is -2.43. The molecule has 0 radical (unpaired) electrons. The van der Waals surface area contributed by atoms with E-state index in [0.29, 0.717) is 23.1 Å². The van der Waals surface area contributed by atoms with Gasteiger partial charge in [0.05, 0.1) is 11.6 Å². The van der Waals surface area contributed by atoms with E-state index in [1.165, 1.54) is 0 Å². The van der Waals surface area contributed by atoms with Crippen LogP contribution in [0.3, 0.4) is 0 Å². The number of benzene rings is 2. The Bertz CT molecular complexity index is 1260. The molecular weight excluding hydrogens is 507 g/mol. The van der Waals surface area contributed by atoms with Crippen LogP contribution in [0.4, 0.5) is 0 Å². The van der Waals surface area contributed by atoms with Gasteiger partial charge in [0.2, 0.25) is 0 Å². The van der Waals surface area contributed by atoms with E-state index in [4.69, 9.17) is 23.2 Å². The molecule has 3 aromatic rings. The summed E-state index contributed by atoms with van der Waals surface area (Å²) in [5.41, 5.74) is 0.991. The highest BCUT2D eigenvalue weighted by molar-refractivity contribution is 6.35. The Morgan fingerprint density at radius 1 is 0.973 bits per heavy atom. The molecule has 1 amide bonds. The van der Waals surface area contributed by atoms with Crippen LogP contribution in [0.2, 0.25) is 10.0 Å². The Kier molecular flexibility index (Phi) is 8.07. The third-order valence-corrected chi connectivity index (χ3v) is 7.55. The van der Waals surface area contributed by atoms with Gasteiger partial charge < -0.3 is 4.90 Å². The lowest BCUT2D eigenvalue weighted by molar-refractivity contribution is 0.0334. The third-order valence-electron chi connectivity index (χ3n) is 6.99. The first-order valence-electron chi connectivity index (χ1n) is 12.5. The molecule has 196 valence electrons. The molecule has 37 heavy (non-hydrogen) atoms. The number of carbonyl (C=O) groups is 1. The first-order valence-corrected chi connectivity index (χ1v) is 13.2. The van der Waals surface area contributed by atoms with E-state index in [-0.39, 0.29) is 17.4 Å². The molecule has 1 aliphatic rings. The molecule has 1 fully saturated rings. The maximum Gasteiger partial charge on any atom is 0.253 e. The molecule has 1 saturated heterocycles. The van der Waals surface area contributed by atoms with Gasteiger partial charge in [-0.1, -0.05) is 80.4 Å². The zero-order valence-electron chi connectivity index (χ0n) is 22.0. The number of allylic oxidation sites excluding steroid dienone is 1. The number of nitrogens with zero attached hydrogens (tertiary/aromatic N) is 6. The average molecular weight is 542 g/mol. The van der Waals surface area contributed by atoms with Crippen molar-refractivity contribution in [2.75, 3.05) is 26.2 Å². The maximum atomic E-state index is 12.9. The number of tetrazole rings is 1. The Morgan fingerprint density at radius 3 is 2.27 bits per heavy atom. The summed E-state index contributed by atoms with van der Waals surface area (Å²) in [4.78, 5) is 17.2. The highest BCUT2D eigenvalue weighted by Gasteiger charge is 2.39. The summed E-state index contributed by atoms with van der Waals surface area (Å²) in [5, 5.41) is 14.2. The maximum absolute atomic E-state index is 12.9. The summed E-state index contributed by atoms with van der Waals surface area (Å²) in [6.45, 7) is 13.5. The predicted octanol–water partition coefficient (Wildman–Crippen LogP) is 5.97. The van der Waals surface area contributed by atoms with Crippen LogP contribution in [0.1, 0.15) is 62.4 Å². The van der Waals surface area contributed by atoms with Crippen LogP contribution in [0.5, 0.6) is 0 Å². The quantitative estimate of drug-likeness (QED) is 0.385. The molecule has 4 rings (SSSR count). The minimum absolute atomic E-state index is 0.0710. The fourth-order valence-corrected chi connectivity index (χ4v) is 5.20. The molecule has 0 spiro atoms. The SMILES string of the molecule is CC(C)(C)[C@@H](/C=C\c1ccc(Cl)cc1Cl)n1nnnc1C(C)(C)N1CCN(C(=O)c2ccccc2)CC1. The molecule has 7 nitrogen and oxygen atoms in total. The van der Waals surface area contributed by atoms with Gasteiger partial charge in [-0.25, -0.2) is 4.68 Å². The largest absolute Gasteiger partial charge is 0.336 e. The Balaban J connectivity index is 1.55. The van der Waals surface area contributed by atoms with Gasteiger partial charge in [0, 0.05) is 41.8 Å². The van der Waals surface area contributed by atoms with Gasteiger partial charge in [-0.3, -0.25) is 9.69 Å². The van der Waals surface area contributed by atoms with Gasteiger partial charge in [-0.05, 0) is 59.5 Å². The van der Waals surface area contributed by atoms with Crippen molar-refractivity contribution < 1.29 is 4.79 Å². The number of halogens is 2. The van der Waals surface area contributed by atoms with Crippen molar-refractivity contribution in [2.24, 2.45) is 5.41 Å². The highest BCUT2D eigenvalue weighted by atomic mass is 35.5. The van der Waals surface area contributed by atoms with Crippen molar-refractivity contribution >= 4 is 35.2 Å². The molecule has 1 aromatic heterocycles. The van der Waals surface area contributed by atoms with Crippen molar-refractivity contribution in [3.63, 3.8) is 0 Å². The van der Waals surface area contributed by atoms with Gasteiger partial charge >= 0.3 is 0 Å². The third kappa shape index (κ3) is 6.06. The van der Waals surface area contributed by atoms with E-state index in [1.54, 1.807) is 6.07 Å². The van der Waals surface area contributed by atoms with Gasteiger partial charge in [0.15, 0.2) is 5.82 Å². The van der Waals surface area contributed by atoms with E-state index in [0.717, 1.165) is 30.0 Å². The average Bonchev–Trinajstić information content (AvgIpc) is 3.35. The van der Waals surface area contributed by atoms with E-state index < -0.39 is 5.54 Å². The topological polar surface area (TPSA) is 67.2 Å². The molecule has 9 heteroatoms. The smallest absolute Gasteiger partial charge is 0.253 e. The summed E-state index contributed by atoms with van der Waals surface area (Å²) in [6, 6.07) is 14.8. The molecule has 0 saturated carbocycles. The Morgan fingerprint density at radius 2 is 1.65 bits per heavy atom. The van der Waals surface area contributed by atoms with Gasteiger partial charge in [-0.2, -0.15) is 0 Å². The summed E-state index contributed by atoms with van der Waals surface area (Å²) in [6.07, 6.45) is 4.10. The van der Waals surface area contributed by atoms with E-state index in [2.05, 4.69) is 61.1 Å². The zero-order chi connectivity index (χ0) is 26.8. The summed E-state index contributed by atoms with van der Waals surface area (Å²) in [7, 11) is 0. The van der Waals surface area contributed by atoms with E-state index in [1.807, 2.05) is 58.1 Å². The van der Waals surface area contributed by atoms with Crippen LogP contribution in [-0.4, -0.2) is 62.1 Å². The van der Waals surface area contributed by atoms with Crippen molar-refractivity contribution in [3.8, 4) is 0 Å². The fourth-order valence-electron chi connectivity index (χ4n) is 4.73. The first kappa shape index (κ1) is 27.3. The van der Waals surface area contributed by atoms with Gasteiger partial charge in [0.1, 0.15) is 0 Å². The molecule has 1 aliphatic heterocycles. The van der Waals surface area contributed by atoms with Crippen molar-refractivity contribution in [2.45, 2.75) is 46.2 Å². The minimum atomic E-state index is -0.444. The van der Waals surface area contributed by atoms with Crippen LogP contribution in [0.15, 0.2) is 54.6 Å². The molecular formula is C28H34Cl2N6O. The second kappa shape index (κ2) is 10.9. The molecule has 0 unspecified atom stereocenters. The number of amides is 1. The van der Waals surface area contributed by atoms with Crippen LogP contribution in [0.25, 0.3) is 6.08 Å². The molecule has 2 aromatic carbocycles. The molecule has 0 aliphatic carbocycles. The predicted molar refractivity (Wildman–Crippen MR) is 149 cm³/mol. The van der Waals surface area contributed by atoms with Crippen LogP contribution in [-0.2, 0) is 5.54 Å². The van der Waals surface area contributed by atoms with Crippen LogP contribution in [0, 0.1) is 5.41 Å². The number of piperazine rings is 1. The molecule has 2 heterocycles. The standard InChI is InChI=1S/C28H34Cl2N6O/c1-27(2,3)24(14-12-20-11-13-22(29)19-23(20)30)36-26(31-32-33-36)28(4,5)35-17-15-34(16-18-35)25(37)21-9-7-6-8-10-21/h6-14,19,24H,15-18H2,1-5H3/b14-12-/t24-/m1/s1. The Hall–Kier alpha value is -2.74. The second-order valence-electron chi connectivity index (χ2n) is 11.0. The number of carbonyl (C=O) groups excluding carboxylic acids is 1. The number of aromatic nitrogens is 4. The van der Waals surface area contributed by atoms with Crippen molar-refractivity contribution in [1.29, 1.82) is 0 Å². The normalized spacial score (nSPS) is 16.4. The van der Waals surface area contributed by atoms with Crippen LogP contribution < -0.4 is 0 Å². The monoisotopic (exact) mass is 540 g/mol. The van der Waals surface area contributed by atoms with Gasteiger partial charge in [-0.15, -0.1) is 5.10 Å². The lowest BCUT2D eigenvalue weighted by Crippen LogP contribution is -2.55.